The second-order valence-corrected chi connectivity index (χ2v) is 27.0. The van der Waals surface area contributed by atoms with E-state index in [0.717, 1.165) is 0 Å². The molecule has 0 N–H and O–H groups in total. The van der Waals surface area contributed by atoms with Crippen LogP contribution < -0.4 is 15.8 Å². The highest BCUT2D eigenvalue weighted by atomic mass is 15.2. The van der Waals surface area contributed by atoms with Gasteiger partial charge in [0, 0.05) is 44.4 Å². The Balaban J connectivity index is 1.24. The topological polar surface area (TPSA) is 8.17 Å². The molecular formula is C64H73BN2. The average Bonchev–Trinajstić information content (AvgIpc) is 3.60. The SMILES string of the molecule is CC(C)(C)c1ccc(-c2cc3c4c(c2)N(c2ccc5c(c2)C(C)(C)CCC5(C)C)c2cc5c(cc2B4n2c4cc6c(cc4c4cccc-3c42)C(C)(C)CCC6(C)C)C(C)(C)CCC5(C)C)cc1. The number of anilines is 3. The molecule has 12 rings (SSSR count). The zero-order valence-corrected chi connectivity index (χ0v) is 43.5. The molecule has 0 unspecified atom stereocenters. The van der Waals surface area contributed by atoms with Crippen molar-refractivity contribution in [2.45, 2.75) is 180 Å². The Labute approximate surface area is 402 Å². The molecule has 0 atom stereocenters. The molecule has 5 aliphatic rings. The van der Waals surface area contributed by atoms with Crippen LogP contribution >= 0.6 is 0 Å². The summed E-state index contributed by atoms with van der Waals surface area (Å²) in [6, 6.07) is 40.2. The minimum Gasteiger partial charge on any atom is -0.375 e. The van der Waals surface area contributed by atoms with Gasteiger partial charge < -0.3 is 9.38 Å². The third-order valence-electron chi connectivity index (χ3n) is 18.7. The lowest BCUT2D eigenvalue weighted by Gasteiger charge is -2.47. The third-order valence-corrected chi connectivity index (χ3v) is 18.7. The van der Waals surface area contributed by atoms with E-state index in [0.29, 0.717) is 0 Å². The number of benzene rings is 6. The highest BCUT2D eigenvalue weighted by Gasteiger charge is 2.48. The van der Waals surface area contributed by atoms with E-state index >= 15 is 0 Å². The summed E-state index contributed by atoms with van der Waals surface area (Å²) in [7, 11) is 0. The van der Waals surface area contributed by atoms with Gasteiger partial charge in [-0.2, -0.15) is 0 Å². The van der Waals surface area contributed by atoms with Crippen molar-refractivity contribution in [1.29, 1.82) is 0 Å². The fraction of sp³-hybridized carbons (Fsp3) is 0.438. The van der Waals surface area contributed by atoms with Crippen LogP contribution in [-0.4, -0.2) is 11.3 Å². The lowest BCUT2D eigenvalue weighted by atomic mass is 9.44. The van der Waals surface area contributed by atoms with Gasteiger partial charge in [0.05, 0.1) is 0 Å². The zero-order chi connectivity index (χ0) is 47.3. The maximum atomic E-state index is 2.84. The van der Waals surface area contributed by atoms with Crippen molar-refractivity contribution >= 4 is 56.6 Å². The van der Waals surface area contributed by atoms with E-state index in [1.54, 1.807) is 0 Å². The van der Waals surface area contributed by atoms with Crippen LogP contribution in [0.1, 0.15) is 181 Å². The van der Waals surface area contributed by atoms with Crippen LogP contribution in [0.2, 0.25) is 0 Å². The minimum absolute atomic E-state index is 0.000342. The van der Waals surface area contributed by atoms with Gasteiger partial charge in [0.25, 0.3) is 0 Å². The molecule has 7 aromatic rings. The highest BCUT2D eigenvalue weighted by Crippen LogP contribution is 2.55. The van der Waals surface area contributed by atoms with Gasteiger partial charge in [-0.3, -0.25) is 0 Å². The van der Waals surface area contributed by atoms with Gasteiger partial charge in [0.2, 0.25) is 0 Å². The predicted octanol–water partition coefficient (Wildman–Crippen LogP) is 16.2. The highest BCUT2D eigenvalue weighted by molar-refractivity contribution is 6.90. The maximum absolute atomic E-state index is 2.84. The van der Waals surface area contributed by atoms with Gasteiger partial charge in [-0.05, 0) is 185 Å². The number of rotatable bonds is 2. The van der Waals surface area contributed by atoms with Gasteiger partial charge >= 0.3 is 6.85 Å². The molecule has 342 valence electrons. The molecule has 0 fully saturated rings. The Hall–Kier alpha value is -5.02. The van der Waals surface area contributed by atoms with Crippen molar-refractivity contribution in [1.82, 2.24) is 4.48 Å². The smallest absolute Gasteiger partial charge is 0.333 e. The minimum atomic E-state index is 0.000342. The van der Waals surface area contributed by atoms with E-state index < -0.39 is 0 Å². The average molecular weight is 881 g/mol. The van der Waals surface area contributed by atoms with Crippen molar-refractivity contribution in [3.63, 3.8) is 0 Å². The first-order chi connectivity index (χ1) is 31.3. The Bertz CT molecular complexity index is 3280. The molecule has 3 aliphatic carbocycles. The van der Waals surface area contributed by atoms with Crippen LogP contribution in [0.5, 0.6) is 0 Å². The quantitative estimate of drug-likeness (QED) is 0.157. The van der Waals surface area contributed by atoms with E-state index in [2.05, 4.69) is 210 Å². The van der Waals surface area contributed by atoms with Crippen LogP contribution in [0.15, 0.2) is 97.1 Å². The van der Waals surface area contributed by atoms with Gasteiger partial charge in [0.15, 0.2) is 0 Å². The largest absolute Gasteiger partial charge is 0.375 e. The van der Waals surface area contributed by atoms with Crippen molar-refractivity contribution in [2.24, 2.45) is 0 Å². The molecule has 3 heteroatoms. The summed E-state index contributed by atoms with van der Waals surface area (Å²) in [6.07, 6.45) is 7.16. The normalized spacial score (nSPS) is 20.8. The number of aromatic nitrogens is 1. The first kappa shape index (κ1) is 43.3. The van der Waals surface area contributed by atoms with Crippen LogP contribution in [0.3, 0.4) is 0 Å². The molecule has 3 heterocycles. The number of fused-ring (bicyclic) bond motifs is 10. The number of nitrogens with zero attached hydrogens (tertiary/aromatic N) is 2. The fourth-order valence-electron chi connectivity index (χ4n) is 13.9. The molecule has 1 aromatic heterocycles. The molecule has 0 spiro atoms. The summed E-state index contributed by atoms with van der Waals surface area (Å²) < 4.78 is 2.84. The third kappa shape index (κ3) is 6.07. The van der Waals surface area contributed by atoms with E-state index in [9.17, 15) is 0 Å². The summed E-state index contributed by atoms with van der Waals surface area (Å²) in [6.45, 7) is 36.8. The number of para-hydroxylation sites is 1. The molecule has 0 saturated carbocycles. The second-order valence-electron chi connectivity index (χ2n) is 27.0. The number of hydrogen-bond acceptors (Lipinski definition) is 1. The van der Waals surface area contributed by atoms with Crippen LogP contribution in [0.25, 0.3) is 44.1 Å². The van der Waals surface area contributed by atoms with Crippen molar-refractivity contribution in [3.05, 3.63) is 136 Å². The van der Waals surface area contributed by atoms with Crippen LogP contribution in [0.4, 0.5) is 17.1 Å². The Kier molecular flexibility index (Phi) is 8.65. The molecule has 0 radical (unpaired) electrons. The molecule has 6 aromatic carbocycles. The van der Waals surface area contributed by atoms with Crippen molar-refractivity contribution < 1.29 is 0 Å². The Morgan fingerprint density at radius 3 is 1.58 bits per heavy atom. The lowest BCUT2D eigenvalue weighted by molar-refractivity contribution is 0.332. The number of hydrogen-bond donors (Lipinski definition) is 0. The van der Waals surface area contributed by atoms with Crippen LogP contribution in [0, 0.1) is 0 Å². The van der Waals surface area contributed by atoms with Gasteiger partial charge in [-0.15, -0.1) is 0 Å². The standard InChI is InChI=1S/C64H73BN2/c1-58(2,3)40-21-19-38(20-22-40)39-31-45-43-18-16-17-42-44-34-48-50(63(12,13)29-27-61(48,8)9)36-53(44)67(57(42)43)65-52-35-49-51(64(14,15)30-28-62(49,10)11)37-54(52)66(55(32-39)56(45)65)41-23-24-46-47(33-41)60(6,7)26-25-59(46,4)5/h16-24,31-37H,25-30H2,1-15H3. The molecular weight excluding hydrogens is 808 g/mol. The lowest BCUT2D eigenvalue weighted by Crippen LogP contribution is -2.57. The van der Waals surface area contributed by atoms with E-state index in [-0.39, 0.29) is 44.8 Å². The second kappa shape index (κ2) is 13.4. The summed E-state index contributed by atoms with van der Waals surface area (Å²) >= 11 is 0. The van der Waals surface area contributed by atoms with Gasteiger partial charge in [-0.1, -0.05) is 158 Å². The Morgan fingerprint density at radius 1 is 0.448 bits per heavy atom. The summed E-state index contributed by atoms with van der Waals surface area (Å²) in [4.78, 5) is 2.73. The predicted molar refractivity (Wildman–Crippen MR) is 290 cm³/mol. The van der Waals surface area contributed by atoms with E-state index in [1.165, 1.54) is 150 Å². The Morgan fingerprint density at radius 2 is 0.985 bits per heavy atom. The summed E-state index contributed by atoms with van der Waals surface area (Å²) in [5.41, 5.74) is 25.9. The van der Waals surface area contributed by atoms with E-state index in [4.69, 9.17) is 0 Å². The maximum Gasteiger partial charge on any atom is 0.333 e. The first-order valence-corrected chi connectivity index (χ1v) is 25.8. The van der Waals surface area contributed by atoms with Crippen molar-refractivity contribution in [3.8, 4) is 22.3 Å². The summed E-state index contributed by atoms with van der Waals surface area (Å²) in [5, 5.41) is 2.78. The fourth-order valence-corrected chi connectivity index (χ4v) is 13.9. The van der Waals surface area contributed by atoms with E-state index in [1.807, 2.05) is 0 Å². The monoisotopic (exact) mass is 881 g/mol. The zero-order valence-electron chi connectivity index (χ0n) is 43.5. The van der Waals surface area contributed by atoms with Crippen LogP contribution in [-0.2, 0) is 37.9 Å². The molecule has 67 heavy (non-hydrogen) atoms. The van der Waals surface area contributed by atoms with Gasteiger partial charge in [0.1, 0.15) is 0 Å². The summed E-state index contributed by atoms with van der Waals surface area (Å²) in [5.74, 6) is 0. The molecule has 0 amide bonds. The molecule has 2 aliphatic heterocycles. The molecule has 0 bridgehead atoms. The van der Waals surface area contributed by atoms with Crippen molar-refractivity contribution in [2.75, 3.05) is 4.90 Å². The molecule has 2 nitrogen and oxygen atoms in total. The first-order valence-electron chi connectivity index (χ1n) is 25.8. The van der Waals surface area contributed by atoms with Gasteiger partial charge in [-0.25, -0.2) is 0 Å². The molecule has 0 saturated heterocycles.